The van der Waals surface area contributed by atoms with Gasteiger partial charge < -0.3 is 45.1 Å². The molecule has 0 spiro atoms. The minimum atomic E-state index is -1.41. The van der Waals surface area contributed by atoms with Crippen molar-refractivity contribution in [2.24, 2.45) is 0 Å². The topological polar surface area (TPSA) is 158 Å². The third kappa shape index (κ3) is 14.9. The molecule has 12 heteroatoms. The number of benzene rings is 2. The van der Waals surface area contributed by atoms with E-state index in [9.17, 15) is 39.1 Å². The maximum Gasteiger partial charge on any atom is 0.224 e. The van der Waals surface area contributed by atoms with Gasteiger partial charge in [0.05, 0.1) is 44.0 Å². The predicted octanol–water partition coefficient (Wildman–Crippen LogP) is 5.44. The first kappa shape index (κ1) is 41.7. The van der Waals surface area contributed by atoms with E-state index in [2.05, 4.69) is 12.2 Å². The molecule has 0 radical (unpaired) electrons. The second kappa shape index (κ2) is 23.0. The van der Waals surface area contributed by atoms with E-state index in [4.69, 9.17) is 14.2 Å². The summed E-state index contributed by atoms with van der Waals surface area (Å²) in [6.07, 6.45) is 6.94. The highest BCUT2D eigenvalue weighted by Gasteiger charge is 2.38. The molecule has 3 rings (SSSR count). The number of hydrogen-bond donors (Lipinski definition) is 6. The lowest BCUT2D eigenvalue weighted by Crippen LogP contribution is -2.55. The molecule has 0 aromatic heterocycles. The van der Waals surface area contributed by atoms with Gasteiger partial charge in [0.25, 0.3) is 0 Å². The van der Waals surface area contributed by atoms with Gasteiger partial charge in [-0.2, -0.15) is 0 Å². The summed E-state index contributed by atoms with van der Waals surface area (Å²) in [6.45, 7) is 1.47. The summed E-state index contributed by atoms with van der Waals surface area (Å²) in [6, 6.07) is 8.49. The molecular formula is C38H57F2NO9. The number of hydrogen-bond acceptors (Lipinski definition) is 9. The largest absolute Gasteiger partial charge is 0.457 e. The molecule has 2 unspecified atom stereocenters. The Morgan fingerprint density at radius 3 is 2.08 bits per heavy atom. The molecule has 6 N–H and O–H groups in total. The molecule has 0 bridgehead atoms. The van der Waals surface area contributed by atoms with Gasteiger partial charge >= 0.3 is 0 Å². The zero-order chi connectivity index (χ0) is 36.3. The van der Waals surface area contributed by atoms with E-state index in [1.165, 1.54) is 57.4 Å². The maximum absolute atomic E-state index is 13.5. The number of aliphatic hydroxyl groups excluding tert-OH is 5. The number of carbonyl (C=O) groups excluding carboxylic acids is 1. The fourth-order valence-electron chi connectivity index (χ4n) is 6.02. The molecule has 1 saturated heterocycles. The van der Waals surface area contributed by atoms with Crippen molar-refractivity contribution >= 4 is 5.91 Å². The molecule has 1 fully saturated rings. The number of aliphatic hydroxyl groups is 5. The number of amides is 1. The fourth-order valence-corrected chi connectivity index (χ4v) is 6.02. The smallest absolute Gasteiger partial charge is 0.224 e. The first-order valence-corrected chi connectivity index (χ1v) is 18.2. The van der Waals surface area contributed by atoms with Crippen LogP contribution in [0.3, 0.4) is 0 Å². The normalized spacial score (nSPS) is 21.0. The molecule has 0 aliphatic carbocycles. The second-order valence-electron chi connectivity index (χ2n) is 13.3. The molecule has 1 heterocycles. The first-order chi connectivity index (χ1) is 24.1. The van der Waals surface area contributed by atoms with E-state index >= 15 is 0 Å². The van der Waals surface area contributed by atoms with Crippen LogP contribution in [0.1, 0.15) is 102 Å². The van der Waals surface area contributed by atoms with Crippen molar-refractivity contribution in [3.8, 4) is 11.5 Å². The van der Waals surface area contributed by atoms with E-state index in [0.717, 1.165) is 31.4 Å². The zero-order valence-electron chi connectivity index (χ0n) is 29.2. The molecule has 50 heavy (non-hydrogen) atoms. The van der Waals surface area contributed by atoms with Gasteiger partial charge in [0.2, 0.25) is 5.91 Å². The number of halogens is 2. The second-order valence-corrected chi connectivity index (χ2v) is 13.3. The number of nitrogens with one attached hydrogen (secondary N) is 1. The van der Waals surface area contributed by atoms with Gasteiger partial charge in [-0.15, -0.1) is 0 Å². The van der Waals surface area contributed by atoms with Crippen molar-refractivity contribution in [3.05, 3.63) is 59.7 Å². The summed E-state index contributed by atoms with van der Waals surface area (Å²) in [5.74, 6) is -2.05. The van der Waals surface area contributed by atoms with Crippen LogP contribution in [-0.2, 0) is 20.7 Å². The number of carbonyl (C=O) groups is 1. The molecular weight excluding hydrogens is 652 g/mol. The van der Waals surface area contributed by atoms with Crippen molar-refractivity contribution in [3.63, 3.8) is 0 Å². The lowest BCUT2D eigenvalue weighted by atomic mass is 9.99. The van der Waals surface area contributed by atoms with Crippen molar-refractivity contribution in [1.82, 2.24) is 5.32 Å². The van der Waals surface area contributed by atoms with Gasteiger partial charge in [0, 0.05) is 12.5 Å². The quantitative estimate of drug-likeness (QED) is 0.0781. The van der Waals surface area contributed by atoms with Gasteiger partial charge in [-0.3, -0.25) is 4.79 Å². The van der Waals surface area contributed by atoms with Crippen LogP contribution in [0.2, 0.25) is 0 Å². The van der Waals surface area contributed by atoms with Crippen LogP contribution in [0.15, 0.2) is 42.5 Å². The Labute approximate surface area is 294 Å². The number of ether oxygens (including phenoxy) is 3. The van der Waals surface area contributed by atoms with Crippen LogP contribution in [0.5, 0.6) is 11.5 Å². The van der Waals surface area contributed by atoms with Crippen LogP contribution in [0, 0.1) is 11.6 Å². The minimum absolute atomic E-state index is 0.0166. The van der Waals surface area contributed by atoms with Crippen molar-refractivity contribution in [1.29, 1.82) is 0 Å². The van der Waals surface area contributed by atoms with E-state index in [1.807, 2.05) is 0 Å². The molecule has 2 aromatic rings. The lowest BCUT2D eigenvalue weighted by Gasteiger charge is -2.37. The summed E-state index contributed by atoms with van der Waals surface area (Å²) >= 11 is 0. The Morgan fingerprint density at radius 1 is 0.880 bits per heavy atom. The highest BCUT2D eigenvalue weighted by Crippen LogP contribution is 2.25. The first-order valence-electron chi connectivity index (χ1n) is 18.2. The lowest BCUT2D eigenvalue weighted by molar-refractivity contribution is -0.274. The number of unbranched alkanes of at least 4 members (excludes halogenated alkanes) is 11. The fraction of sp³-hybridized carbons (Fsp3) is 0.658. The molecule has 1 aliphatic rings. The van der Waals surface area contributed by atoms with Crippen LogP contribution in [0.25, 0.3) is 0 Å². The van der Waals surface area contributed by atoms with E-state index in [0.29, 0.717) is 24.2 Å². The molecule has 1 aliphatic heterocycles. The minimum Gasteiger partial charge on any atom is -0.457 e. The van der Waals surface area contributed by atoms with Crippen LogP contribution < -0.4 is 10.1 Å². The molecule has 7 atom stereocenters. The van der Waals surface area contributed by atoms with E-state index < -0.39 is 67.0 Å². The summed E-state index contributed by atoms with van der Waals surface area (Å²) < 4.78 is 43.5. The SMILES string of the molecule is CCCCCCCCCCCCCC[C@@H](O)[C@@H](O)[C@H](CO[C@H]1OC(CO)CC(O)[C@@H]1O)NC(=O)Cc1ccc(Oc2ccc(F)c(F)c2)cc1. The average molecular weight is 710 g/mol. The Bertz CT molecular complexity index is 1240. The summed E-state index contributed by atoms with van der Waals surface area (Å²) in [7, 11) is 0. The summed E-state index contributed by atoms with van der Waals surface area (Å²) in [4.78, 5) is 13.1. The average Bonchev–Trinajstić information content (AvgIpc) is 3.10. The molecule has 1 amide bonds. The Hall–Kier alpha value is -2.71. The van der Waals surface area contributed by atoms with Gasteiger partial charge in [-0.25, -0.2) is 8.78 Å². The van der Waals surface area contributed by atoms with Crippen LogP contribution >= 0.6 is 0 Å². The van der Waals surface area contributed by atoms with Crippen LogP contribution in [0.4, 0.5) is 8.78 Å². The predicted molar refractivity (Wildman–Crippen MR) is 185 cm³/mol. The third-order valence-electron chi connectivity index (χ3n) is 9.07. The van der Waals surface area contributed by atoms with Crippen LogP contribution in [-0.4, -0.2) is 87.5 Å². The van der Waals surface area contributed by atoms with Crippen molar-refractivity contribution in [2.75, 3.05) is 13.2 Å². The monoisotopic (exact) mass is 709 g/mol. The Kier molecular flexibility index (Phi) is 19.2. The number of rotatable bonds is 24. The highest BCUT2D eigenvalue weighted by molar-refractivity contribution is 5.79. The van der Waals surface area contributed by atoms with Crippen molar-refractivity contribution < 1.29 is 53.3 Å². The van der Waals surface area contributed by atoms with Crippen molar-refractivity contribution in [2.45, 2.75) is 146 Å². The molecule has 2 aromatic carbocycles. The van der Waals surface area contributed by atoms with Gasteiger partial charge in [0.1, 0.15) is 23.7 Å². The molecule has 0 saturated carbocycles. The van der Waals surface area contributed by atoms with Gasteiger partial charge in [-0.05, 0) is 36.2 Å². The highest BCUT2D eigenvalue weighted by atomic mass is 19.2. The Morgan fingerprint density at radius 2 is 1.48 bits per heavy atom. The maximum atomic E-state index is 13.5. The zero-order valence-corrected chi connectivity index (χ0v) is 29.2. The summed E-state index contributed by atoms with van der Waals surface area (Å²) in [5, 5.41) is 54.8. The standard InChI is InChI=1S/C38H57F2NO9/c1-2-3-4-5-6-7-8-9-10-11-12-13-14-33(43)36(46)32(25-48-38-37(47)34(44)23-29(24-42)50-38)41-35(45)21-26-15-17-27(18-16-26)49-28-19-20-30(39)31(40)22-28/h15-20,22,29,32-34,36-38,42-44,46-47H,2-14,21,23-25H2,1H3,(H,41,45)/t29?,32-,33+,34?,36-,37-,38-/m0/s1. The van der Waals surface area contributed by atoms with Gasteiger partial charge in [-0.1, -0.05) is 96.1 Å². The summed E-state index contributed by atoms with van der Waals surface area (Å²) in [5.41, 5.74) is 0.589. The van der Waals surface area contributed by atoms with E-state index in [1.54, 1.807) is 24.3 Å². The Balaban J connectivity index is 1.51. The molecule has 10 nitrogen and oxygen atoms in total. The molecule has 282 valence electrons. The van der Waals surface area contributed by atoms with E-state index in [-0.39, 0.29) is 25.2 Å². The van der Waals surface area contributed by atoms with Gasteiger partial charge in [0.15, 0.2) is 17.9 Å². The third-order valence-corrected chi connectivity index (χ3v) is 9.07.